The number of hydrogen-bond acceptors (Lipinski definition) is 2. The number of carbonyl (C=O) groups excluding carboxylic acids is 1. The van der Waals surface area contributed by atoms with Crippen LogP contribution in [0, 0.1) is 12.8 Å². The maximum atomic E-state index is 11.7. The molecule has 2 N–H and O–H groups in total. The molecule has 3 nitrogen and oxygen atoms in total. The van der Waals surface area contributed by atoms with Gasteiger partial charge in [-0.25, -0.2) is 0 Å². The van der Waals surface area contributed by atoms with E-state index in [2.05, 4.69) is 10.6 Å². The molecule has 0 aliphatic carbocycles. The minimum atomic E-state index is 0. The number of anilines is 1. The minimum absolute atomic E-state index is 0. The van der Waals surface area contributed by atoms with Crippen molar-refractivity contribution in [1.29, 1.82) is 0 Å². The molecule has 16 heavy (non-hydrogen) atoms. The van der Waals surface area contributed by atoms with Gasteiger partial charge in [0.2, 0.25) is 5.91 Å². The molecule has 0 radical (unpaired) electrons. The van der Waals surface area contributed by atoms with Crippen molar-refractivity contribution in [3.8, 4) is 0 Å². The van der Waals surface area contributed by atoms with E-state index < -0.39 is 0 Å². The van der Waals surface area contributed by atoms with Crippen LogP contribution in [0.4, 0.5) is 5.69 Å². The van der Waals surface area contributed by atoms with Crippen molar-refractivity contribution in [3.63, 3.8) is 0 Å². The molecular weight excluding hydrogens is 224 g/mol. The van der Waals surface area contributed by atoms with Crippen LogP contribution in [0.2, 0.25) is 0 Å². The van der Waals surface area contributed by atoms with Crippen LogP contribution in [0.1, 0.15) is 12.0 Å². The van der Waals surface area contributed by atoms with Crippen LogP contribution >= 0.6 is 12.4 Å². The van der Waals surface area contributed by atoms with Gasteiger partial charge in [0.15, 0.2) is 0 Å². The summed E-state index contributed by atoms with van der Waals surface area (Å²) < 4.78 is 0. The number of halogens is 1. The van der Waals surface area contributed by atoms with E-state index in [4.69, 9.17) is 0 Å². The molecule has 2 rings (SSSR count). The Hall–Kier alpha value is -1.06. The molecule has 1 saturated heterocycles. The Kier molecular flexibility index (Phi) is 4.77. The molecule has 1 heterocycles. The van der Waals surface area contributed by atoms with E-state index in [0.717, 1.165) is 25.2 Å². The minimum Gasteiger partial charge on any atom is -0.326 e. The lowest BCUT2D eigenvalue weighted by atomic mass is 10.1. The quantitative estimate of drug-likeness (QED) is 0.830. The Labute approximate surface area is 102 Å². The summed E-state index contributed by atoms with van der Waals surface area (Å²) >= 11 is 0. The maximum absolute atomic E-state index is 11.7. The van der Waals surface area contributed by atoms with E-state index in [1.54, 1.807) is 0 Å². The summed E-state index contributed by atoms with van der Waals surface area (Å²) in [5.74, 6) is 0.259. The normalized spacial score (nSPS) is 18.9. The second kappa shape index (κ2) is 5.87. The van der Waals surface area contributed by atoms with Gasteiger partial charge in [0.1, 0.15) is 0 Å². The summed E-state index contributed by atoms with van der Waals surface area (Å²) in [7, 11) is 0. The molecule has 4 heteroatoms. The molecule has 1 atom stereocenters. The Morgan fingerprint density at radius 2 is 2.06 bits per heavy atom. The SMILES string of the molecule is Cc1ccc(NC(=O)[C@H]2CCNC2)cc1.Cl. The Balaban J connectivity index is 0.00000128. The van der Waals surface area contributed by atoms with Crippen LogP contribution in [-0.2, 0) is 4.79 Å². The van der Waals surface area contributed by atoms with Crippen LogP contribution in [0.5, 0.6) is 0 Å². The number of aryl methyl sites for hydroxylation is 1. The van der Waals surface area contributed by atoms with Gasteiger partial charge >= 0.3 is 0 Å². The van der Waals surface area contributed by atoms with E-state index in [-0.39, 0.29) is 24.2 Å². The summed E-state index contributed by atoms with van der Waals surface area (Å²) in [5.41, 5.74) is 2.09. The van der Waals surface area contributed by atoms with Gasteiger partial charge in [-0.1, -0.05) is 17.7 Å². The van der Waals surface area contributed by atoms with Crippen LogP contribution in [-0.4, -0.2) is 19.0 Å². The predicted molar refractivity (Wildman–Crippen MR) is 68.0 cm³/mol. The van der Waals surface area contributed by atoms with Gasteiger partial charge in [-0.2, -0.15) is 0 Å². The first-order valence-electron chi connectivity index (χ1n) is 5.34. The molecule has 88 valence electrons. The number of rotatable bonds is 2. The molecule has 1 aromatic rings. The highest BCUT2D eigenvalue weighted by molar-refractivity contribution is 5.92. The van der Waals surface area contributed by atoms with Crippen molar-refractivity contribution >= 4 is 24.0 Å². The molecule has 0 spiro atoms. The summed E-state index contributed by atoms with van der Waals surface area (Å²) in [4.78, 5) is 11.7. The smallest absolute Gasteiger partial charge is 0.228 e. The van der Waals surface area contributed by atoms with Crippen molar-refractivity contribution in [3.05, 3.63) is 29.8 Å². The average Bonchev–Trinajstić information content (AvgIpc) is 2.74. The second-order valence-corrected chi connectivity index (χ2v) is 4.04. The van der Waals surface area contributed by atoms with Crippen molar-refractivity contribution < 1.29 is 4.79 Å². The van der Waals surface area contributed by atoms with Crippen LogP contribution in [0.15, 0.2) is 24.3 Å². The number of hydrogen-bond donors (Lipinski definition) is 2. The van der Waals surface area contributed by atoms with Crippen molar-refractivity contribution in [1.82, 2.24) is 5.32 Å². The lowest BCUT2D eigenvalue weighted by Gasteiger charge is -2.09. The Morgan fingerprint density at radius 3 is 2.62 bits per heavy atom. The summed E-state index contributed by atoms with van der Waals surface area (Å²) in [5, 5.41) is 6.12. The highest BCUT2D eigenvalue weighted by atomic mass is 35.5. The van der Waals surface area contributed by atoms with E-state index in [0.29, 0.717) is 0 Å². The third kappa shape index (κ3) is 3.22. The largest absolute Gasteiger partial charge is 0.326 e. The Bertz CT molecular complexity index is 345. The number of amides is 1. The van der Waals surface area contributed by atoms with Crippen molar-refractivity contribution in [2.75, 3.05) is 18.4 Å². The van der Waals surface area contributed by atoms with E-state index >= 15 is 0 Å². The third-order valence-corrected chi connectivity index (χ3v) is 2.75. The third-order valence-electron chi connectivity index (χ3n) is 2.75. The van der Waals surface area contributed by atoms with Crippen molar-refractivity contribution in [2.45, 2.75) is 13.3 Å². The fourth-order valence-corrected chi connectivity index (χ4v) is 1.76. The maximum Gasteiger partial charge on any atom is 0.228 e. The van der Waals surface area contributed by atoms with Gasteiger partial charge in [-0.05, 0) is 32.0 Å². The molecule has 1 aliphatic rings. The van der Waals surface area contributed by atoms with Crippen LogP contribution in [0.25, 0.3) is 0 Å². The molecule has 0 aromatic heterocycles. The average molecular weight is 241 g/mol. The van der Waals surface area contributed by atoms with Crippen molar-refractivity contribution in [2.24, 2.45) is 5.92 Å². The zero-order chi connectivity index (χ0) is 10.7. The lowest BCUT2D eigenvalue weighted by Crippen LogP contribution is -2.24. The molecule has 1 fully saturated rings. The highest BCUT2D eigenvalue weighted by Gasteiger charge is 2.21. The number of nitrogens with one attached hydrogen (secondary N) is 2. The first-order chi connectivity index (χ1) is 7.25. The fourth-order valence-electron chi connectivity index (χ4n) is 1.76. The zero-order valence-electron chi connectivity index (χ0n) is 9.32. The Morgan fingerprint density at radius 1 is 1.38 bits per heavy atom. The van der Waals surface area contributed by atoms with Crippen LogP contribution in [0.3, 0.4) is 0 Å². The van der Waals surface area contributed by atoms with Gasteiger partial charge in [0.05, 0.1) is 5.92 Å². The topological polar surface area (TPSA) is 41.1 Å². The van der Waals surface area contributed by atoms with E-state index in [1.165, 1.54) is 5.56 Å². The van der Waals surface area contributed by atoms with Gasteiger partial charge in [0, 0.05) is 12.2 Å². The second-order valence-electron chi connectivity index (χ2n) is 4.04. The van der Waals surface area contributed by atoms with E-state index in [1.807, 2.05) is 31.2 Å². The number of benzene rings is 1. The summed E-state index contributed by atoms with van der Waals surface area (Å²) in [6.07, 6.45) is 0.942. The molecule has 1 aromatic carbocycles. The van der Waals surface area contributed by atoms with Gasteiger partial charge in [0.25, 0.3) is 0 Å². The molecule has 0 bridgehead atoms. The monoisotopic (exact) mass is 240 g/mol. The van der Waals surface area contributed by atoms with Gasteiger partial charge in [-0.3, -0.25) is 4.79 Å². The number of carbonyl (C=O) groups is 1. The standard InChI is InChI=1S/C12H16N2O.ClH/c1-9-2-4-11(5-3-9)14-12(15)10-6-7-13-8-10;/h2-5,10,13H,6-8H2,1H3,(H,14,15);1H/t10-;/m0./s1. The molecule has 1 amide bonds. The first kappa shape index (κ1) is 13.0. The summed E-state index contributed by atoms with van der Waals surface area (Å²) in [6.45, 7) is 3.79. The van der Waals surface area contributed by atoms with E-state index in [9.17, 15) is 4.79 Å². The summed E-state index contributed by atoms with van der Waals surface area (Å²) in [6, 6.07) is 7.89. The highest BCUT2D eigenvalue weighted by Crippen LogP contribution is 2.13. The molecule has 1 aliphatic heterocycles. The lowest BCUT2D eigenvalue weighted by molar-refractivity contribution is -0.119. The molecule has 0 saturated carbocycles. The zero-order valence-corrected chi connectivity index (χ0v) is 10.1. The first-order valence-corrected chi connectivity index (χ1v) is 5.34. The predicted octanol–water partition coefficient (Wildman–Crippen LogP) is 1.96. The van der Waals surface area contributed by atoms with Gasteiger partial charge in [-0.15, -0.1) is 12.4 Å². The van der Waals surface area contributed by atoms with Gasteiger partial charge < -0.3 is 10.6 Å². The molecular formula is C12H17ClN2O. The fraction of sp³-hybridized carbons (Fsp3) is 0.417. The molecule has 0 unspecified atom stereocenters. The van der Waals surface area contributed by atoms with Crippen LogP contribution < -0.4 is 10.6 Å².